The minimum atomic E-state index is -1.83. The van der Waals surface area contributed by atoms with E-state index in [4.69, 9.17) is 15.0 Å². The molecule has 4 N–H and O–H groups in total. The molecular weight excluding hydrogens is 184 g/mol. The molecule has 0 aromatic carbocycles. The van der Waals surface area contributed by atoms with Crippen molar-refractivity contribution in [2.45, 2.75) is 0 Å². The van der Waals surface area contributed by atoms with E-state index < -0.39 is 6.16 Å². The number of carbonyl (C=O) groups is 1. The van der Waals surface area contributed by atoms with Gasteiger partial charge in [-0.05, 0) is 0 Å². The molecule has 0 atom stereocenters. The third kappa shape index (κ3) is 73.4. The summed E-state index contributed by atoms with van der Waals surface area (Å²) in [7, 11) is 0. The summed E-state index contributed by atoms with van der Waals surface area (Å²) < 4.78 is 0. The van der Waals surface area contributed by atoms with Crippen molar-refractivity contribution >= 4 is 157 Å². The summed E-state index contributed by atoms with van der Waals surface area (Å²) >= 11 is 0. The van der Waals surface area contributed by atoms with Gasteiger partial charge in [-0.15, -0.1) is 0 Å². The van der Waals surface area contributed by atoms with Crippen LogP contribution in [0.5, 0.6) is 0 Å². The maximum absolute atomic E-state index is 8.56. The Labute approximate surface area is 173 Å². The first-order valence-corrected chi connectivity index (χ1v) is 0.651. The third-order valence-electron chi connectivity index (χ3n) is 0. The van der Waals surface area contributed by atoms with Crippen molar-refractivity contribution in [2.75, 3.05) is 0 Å². The average Bonchev–Trinajstić information content (AvgIpc) is 0.811. The van der Waals surface area contributed by atoms with Crippen LogP contribution in [-0.2, 0) is 0 Å². The van der Waals surface area contributed by atoms with Crippen LogP contribution in [0.25, 0.3) is 0 Å². The predicted molar refractivity (Wildman–Crippen MR) is 42.9 cm³/mol. The first kappa shape index (κ1) is 38.0. The Morgan fingerprint density at radius 1 is 1.11 bits per heavy atom. The summed E-state index contributed by atoms with van der Waals surface area (Å²) in [6.07, 6.45) is -1.83. The Hall–Kier alpha value is 4.10. The SMILES string of the molecule is O.O=C(O)O.[KH].[KH].[LiH].[NaH]. The van der Waals surface area contributed by atoms with Crippen LogP contribution >= 0.6 is 0 Å². The van der Waals surface area contributed by atoms with E-state index in [1.165, 1.54) is 0 Å². The number of carboxylic acid groups (broad SMARTS) is 2. The summed E-state index contributed by atoms with van der Waals surface area (Å²) in [5.74, 6) is 0. The van der Waals surface area contributed by atoms with Gasteiger partial charge in [0.2, 0.25) is 0 Å². The number of hydrogen-bond acceptors (Lipinski definition) is 1. The third-order valence-corrected chi connectivity index (χ3v) is 0. The van der Waals surface area contributed by atoms with E-state index in [0.29, 0.717) is 0 Å². The summed E-state index contributed by atoms with van der Waals surface area (Å²) in [5, 5.41) is 13.9. The Bertz CT molecular complexity index is 41.5. The van der Waals surface area contributed by atoms with E-state index in [2.05, 4.69) is 0 Å². The van der Waals surface area contributed by atoms with Crippen molar-refractivity contribution in [1.29, 1.82) is 0 Å². The molecule has 0 rings (SSSR count). The van der Waals surface area contributed by atoms with E-state index in [9.17, 15) is 0 Å². The van der Waals surface area contributed by atoms with Gasteiger partial charge >= 0.3 is 157 Å². The van der Waals surface area contributed by atoms with Crippen molar-refractivity contribution < 1.29 is 20.5 Å². The molecule has 0 unspecified atom stereocenters. The molecule has 0 aliphatic carbocycles. The summed E-state index contributed by atoms with van der Waals surface area (Å²) in [6.45, 7) is 0. The zero-order chi connectivity index (χ0) is 3.58. The summed E-state index contributed by atoms with van der Waals surface area (Å²) in [4.78, 5) is 8.56. The second-order valence-electron chi connectivity index (χ2n) is 0.283. The molecule has 40 valence electrons. The van der Waals surface area contributed by atoms with Gasteiger partial charge in [-0.25, -0.2) is 4.79 Å². The van der Waals surface area contributed by atoms with Gasteiger partial charge < -0.3 is 15.7 Å². The fraction of sp³-hybridized carbons (Fsp3) is 0. The van der Waals surface area contributed by atoms with Crippen LogP contribution in [0.4, 0.5) is 4.79 Å². The van der Waals surface area contributed by atoms with E-state index in [-0.39, 0.29) is 157 Å². The van der Waals surface area contributed by atoms with Gasteiger partial charge in [0.15, 0.2) is 0 Å². The Kier molecular flexibility index (Phi) is 125. The summed E-state index contributed by atoms with van der Waals surface area (Å²) in [5.41, 5.74) is 0. The topological polar surface area (TPSA) is 89.0 Å². The van der Waals surface area contributed by atoms with Crippen LogP contribution in [0.1, 0.15) is 0 Å². The Morgan fingerprint density at radius 2 is 1.11 bits per heavy atom. The van der Waals surface area contributed by atoms with Crippen molar-refractivity contribution in [1.82, 2.24) is 0 Å². The van der Waals surface area contributed by atoms with E-state index in [0.717, 1.165) is 0 Å². The Morgan fingerprint density at radius 3 is 1.11 bits per heavy atom. The average molecular weight is 192 g/mol. The van der Waals surface area contributed by atoms with Gasteiger partial charge in [-0.1, -0.05) is 0 Å². The van der Waals surface area contributed by atoms with E-state index in [1.54, 1.807) is 0 Å². The second kappa shape index (κ2) is 29.6. The van der Waals surface area contributed by atoms with Crippen LogP contribution in [0.15, 0.2) is 0 Å². The molecule has 8 heteroatoms. The molecule has 0 heterocycles. The molecule has 0 bridgehead atoms. The molecule has 0 aromatic rings. The number of rotatable bonds is 0. The van der Waals surface area contributed by atoms with Crippen LogP contribution in [0.2, 0.25) is 0 Å². The van der Waals surface area contributed by atoms with Gasteiger partial charge in [-0.3, -0.25) is 0 Å². The van der Waals surface area contributed by atoms with E-state index in [1.807, 2.05) is 0 Å². The molecule has 0 spiro atoms. The Balaban J connectivity index is -0.00000000450. The van der Waals surface area contributed by atoms with Gasteiger partial charge in [0.1, 0.15) is 0 Å². The number of hydrogen-bond donors (Lipinski definition) is 2. The molecule has 0 aliphatic rings. The predicted octanol–water partition coefficient (Wildman–Crippen LogP) is -3.20. The van der Waals surface area contributed by atoms with E-state index >= 15 is 0 Å². The molecule has 0 radical (unpaired) electrons. The van der Waals surface area contributed by atoms with Crippen LogP contribution in [-0.4, -0.2) is 173 Å². The monoisotopic (exact) mass is 192 g/mol. The van der Waals surface area contributed by atoms with Crippen LogP contribution in [0.3, 0.4) is 0 Å². The first-order chi connectivity index (χ1) is 1.73. The van der Waals surface area contributed by atoms with Crippen molar-refractivity contribution in [2.24, 2.45) is 0 Å². The van der Waals surface area contributed by atoms with Gasteiger partial charge in [0, 0.05) is 0 Å². The van der Waals surface area contributed by atoms with Crippen LogP contribution < -0.4 is 0 Å². The molecular formula is CH8K2LiNaO4. The normalized spacial score (nSPS) is 2.67. The molecule has 9 heavy (non-hydrogen) atoms. The molecule has 4 nitrogen and oxygen atoms in total. The molecule has 0 fully saturated rings. The van der Waals surface area contributed by atoms with Gasteiger partial charge in [0.05, 0.1) is 0 Å². The van der Waals surface area contributed by atoms with Gasteiger partial charge in [-0.2, -0.15) is 0 Å². The molecule has 0 saturated carbocycles. The quantitative estimate of drug-likeness (QED) is 0.396. The minimum absolute atomic E-state index is 0. The molecule has 0 aromatic heterocycles. The van der Waals surface area contributed by atoms with Crippen molar-refractivity contribution in [3.63, 3.8) is 0 Å². The zero-order valence-electron chi connectivity index (χ0n) is 2.30. The standard InChI is InChI=1S/CH2O3.2K.Li.Na.H2O.4H/c2-1(3)4;;;;;;;;;/h(H2,2,3,4);;;;;1H2;;;;. The molecule has 0 amide bonds. The van der Waals surface area contributed by atoms with Crippen LogP contribution in [0, 0.1) is 0 Å². The first-order valence-electron chi connectivity index (χ1n) is 0.651. The fourth-order valence-electron chi connectivity index (χ4n) is 0. The molecule has 0 saturated heterocycles. The van der Waals surface area contributed by atoms with Crippen molar-refractivity contribution in [3.8, 4) is 0 Å². The van der Waals surface area contributed by atoms with Gasteiger partial charge in [0.25, 0.3) is 0 Å². The summed E-state index contributed by atoms with van der Waals surface area (Å²) in [6, 6.07) is 0. The fourth-order valence-corrected chi connectivity index (χ4v) is 0. The molecule has 0 aliphatic heterocycles. The van der Waals surface area contributed by atoms with Crippen molar-refractivity contribution in [3.05, 3.63) is 0 Å². The second-order valence-corrected chi connectivity index (χ2v) is 0.283. The maximum atomic E-state index is 8.56. The zero-order valence-corrected chi connectivity index (χ0v) is 2.30.